The van der Waals surface area contributed by atoms with Crippen LogP contribution in [0.15, 0.2) is 16.6 Å². The second kappa shape index (κ2) is 4.66. The lowest BCUT2D eigenvalue weighted by atomic mass is 9.97. The Hall–Kier alpha value is -1.07. The summed E-state index contributed by atoms with van der Waals surface area (Å²) in [7, 11) is 0. The molecule has 0 aliphatic carbocycles. The Kier molecular flexibility index (Phi) is 3.40. The fourth-order valence-corrected chi connectivity index (χ4v) is 2.75. The highest BCUT2D eigenvalue weighted by Crippen LogP contribution is 2.29. The number of hydrogen-bond donors (Lipinski definition) is 2. The third kappa shape index (κ3) is 2.45. The van der Waals surface area contributed by atoms with E-state index < -0.39 is 0 Å². The van der Waals surface area contributed by atoms with Crippen LogP contribution in [0.5, 0.6) is 0 Å². The lowest BCUT2D eigenvalue weighted by molar-refractivity contribution is -0.123. The van der Waals surface area contributed by atoms with E-state index in [9.17, 15) is 4.79 Å². The third-order valence-corrected chi connectivity index (χ3v) is 3.78. The van der Waals surface area contributed by atoms with Gasteiger partial charge in [0.25, 0.3) is 0 Å². The topological polar surface area (TPSA) is 72.4 Å². The number of halogens is 1. The molecule has 92 valence electrons. The molecule has 17 heavy (non-hydrogen) atoms. The van der Waals surface area contributed by atoms with Gasteiger partial charge in [-0.2, -0.15) is 0 Å². The van der Waals surface area contributed by atoms with E-state index in [4.69, 9.17) is 11.5 Å². The number of carbonyl (C=O) groups is 1. The minimum Gasteiger partial charge on any atom is -0.398 e. The summed E-state index contributed by atoms with van der Waals surface area (Å²) in [5.41, 5.74) is 14.5. The first-order chi connectivity index (χ1) is 7.99. The van der Waals surface area contributed by atoms with Crippen molar-refractivity contribution in [3.8, 4) is 0 Å². The van der Waals surface area contributed by atoms with E-state index in [0.717, 1.165) is 29.7 Å². The molecule has 1 heterocycles. The Balaban J connectivity index is 2.27. The van der Waals surface area contributed by atoms with E-state index in [2.05, 4.69) is 26.9 Å². The number of amides is 1. The summed E-state index contributed by atoms with van der Waals surface area (Å²) < 4.78 is 0.974. The number of nitrogens with zero attached hydrogens (tertiary/aromatic N) is 1. The molecule has 1 aliphatic heterocycles. The number of nitrogens with two attached hydrogens (primary N) is 2. The highest BCUT2D eigenvalue weighted by molar-refractivity contribution is 9.10. The Morgan fingerprint density at radius 3 is 2.88 bits per heavy atom. The lowest BCUT2D eigenvalue weighted by Crippen LogP contribution is -2.45. The Morgan fingerprint density at radius 2 is 2.24 bits per heavy atom. The molecule has 1 atom stereocenters. The fraction of sp³-hybridized carbons (Fsp3) is 0.417. The molecule has 0 saturated heterocycles. The van der Waals surface area contributed by atoms with Crippen LogP contribution in [0.4, 0.5) is 5.69 Å². The molecule has 4 nitrogen and oxygen atoms in total. The minimum absolute atomic E-state index is 0.233. The van der Waals surface area contributed by atoms with Crippen molar-refractivity contribution in [1.29, 1.82) is 0 Å². The van der Waals surface area contributed by atoms with Crippen molar-refractivity contribution >= 4 is 27.5 Å². The molecular formula is C12H16BrN3O. The van der Waals surface area contributed by atoms with Crippen LogP contribution in [0.25, 0.3) is 0 Å². The number of benzene rings is 1. The van der Waals surface area contributed by atoms with Crippen LogP contribution in [-0.2, 0) is 17.8 Å². The summed E-state index contributed by atoms with van der Waals surface area (Å²) in [5.74, 6) is -0.281. The van der Waals surface area contributed by atoms with Gasteiger partial charge >= 0.3 is 0 Å². The maximum absolute atomic E-state index is 11.2. The second-order valence-electron chi connectivity index (χ2n) is 4.43. The summed E-state index contributed by atoms with van der Waals surface area (Å²) in [5, 5.41) is 0. The summed E-state index contributed by atoms with van der Waals surface area (Å²) in [6.07, 6.45) is 0.867. The van der Waals surface area contributed by atoms with Gasteiger partial charge in [-0.1, -0.05) is 15.9 Å². The molecule has 2 rings (SSSR count). The van der Waals surface area contributed by atoms with E-state index in [1.807, 2.05) is 13.0 Å². The van der Waals surface area contributed by atoms with E-state index in [1.54, 1.807) is 0 Å². The predicted octanol–water partition coefficient (Wildman–Crippen LogP) is 1.26. The normalized spacial score (nSPS) is 17.5. The molecule has 1 unspecified atom stereocenters. The summed E-state index contributed by atoms with van der Waals surface area (Å²) in [6, 6.07) is 3.75. The number of primary amides is 1. The first-order valence-electron chi connectivity index (χ1n) is 5.59. The van der Waals surface area contributed by atoms with Gasteiger partial charge in [-0.15, -0.1) is 0 Å². The van der Waals surface area contributed by atoms with Crippen LogP contribution in [0, 0.1) is 0 Å². The van der Waals surface area contributed by atoms with Gasteiger partial charge in [-0.25, -0.2) is 0 Å². The van der Waals surface area contributed by atoms with Crippen molar-refractivity contribution in [2.75, 3.05) is 12.3 Å². The van der Waals surface area contributed by atoms with Crippen molar-refractivity contribution in [2.45, 2.75) is 25.9 Å². The number of anilines is 1. The number of fused-ring (bicyclic) bond motifs is 1. The van der Waals surface area contributed by atoms with Gasteiger partial charge in [0.1, 0.15) is 0 Å². The molecule has 5 heteroatoms. The average molecular weight is 298 g/mol. The van der Waals surface area contributed by atoms with Gasteiger partial charge < -0.3 is 11.5 Å². The van der Waals surface area contributed by atoms with Gasteiger partial charge in [0, 0.05) is 23.2 Å². The molecule has 0 saturated carbocycles. The summed E-state index contributed by atoms with van der Waals surface area (Å²) >= 11 is 3.44. The second-order valence-corrected chi connectivity index (χ2v) is 5.35. The number of rotatable bonds is 2. The minimum atomic E-state index is -0.281. The first-order valence-corrected chi connectivity index (χ1v) is 6.38. The maximum atomic E-state index is 11.2. The maximum Gasteiger partial charge on any atom is 0.234 e. The van der Waals surface area contributed by atoms with Crippen LogP contribution < -0.4 is 11.5 Å². The van der Waals surface area contributed by atoms with E-state index >= 15 is 0 Å². The average Bonchev–Trinajstić information content (AvgIpc) is 2.26. The molecule has 1 aromatic rings. The number of hydrogen-bond acceptors (Lipinski definition) is 3. The predicted molar refractivity (Wildman–Crippen MR) is 71.3 cm³/mol. The van der Waals surface area contributed by atoms with Crippen molar-refractivity contribution in [2.24, 2.45) is 5.73 Å². The van der Waals surface area contributed by atoms with E-state index in [0.29, 0.717) is 0 Å². The van der Waals surface area contributed by atoms with Crippen LogP contribution in [0.3, 0.4) is 0 Å². The zero-order valence-electron chi connectivity index (χ0n) is 9.74. The quantitative estimate of drug-likeness (QED) is 0.807. The van der Waals surface area contributed by atoms with Crippen LogP contribution >= 0.6 is 15.9 Å². The van der Waals surface area contributed by atoms with E-state index in [-0.39, 0.29) is 11.9 Å². The van der Waals surface area contributed by atoms with Crippen LogP contribution in [0.2, 0.25) is 0 Å². The lowest BCUT2D eigenvalue weighted by Gasteiger charge is -2.32. The molecule has 1 aromatic carbocycles. The number of nitrogen functional groups attached to an aromatic ring is 1. The standard InChI is InChI=1S/C12H16BrN3O/c1-7(12(15)17)16-3-2-10-8(6-16)4-9(13)5-11(10)14/h4-5,7H,2-3,6,14H2,1H3,(H2,15,17). The summed E-state index contributed by atoms with van der Waals surface area (Å²) in [6.45, 7) is 3.39. The van der Waals surface area contributed by atoms with Gasteiger partial charge in [0.05, 0.1) is 6.04 Å². The molecule has 4 N–H and O–H groups in total. The molecule has 1 amide bonds. The Labute approximate surface area is 109 Å². The van der Waals surface area contributed by atoms with Gasteiger partial charge in [0.15, 0.2) is 0 Å². The van der Waals surface area contributed by atoms with Gasteiger partial charge in [0.2, 0.25) is 5.91 Å². The largest absolute Gasteiger partial charge is 0.398 e. The smallest absolute Gasteiger partial charge is 0.234 e. The van der Waals surface area contributed by atoms with Crippen molar-refractivity contribution < 1.29 is 4.79 Å². The van der Waals surface area contributed by atoms with Crippen molar-refractivity contribution in [1.82, 2.24) is 4.90 Å². The fourth-order valence-electron chi connectivity index (χ4n) is 2.23. The van der Waals surface area contributed by atoms with E-state index in [1.165, 1.54) is 11.1 Å². The zero-order valence-corrected chi connectivity index (χ0v) is 11.3. The van der Waals surface area contributed by atoms with Gasteiger partial charge in [-0.05, 0) is 36.6 Å². The Morgan fingerprint density at radius 1 is 1.53 bits per heavy atom. The highest BCUT2D eigenvalue weighted by Gasteiger charge is 2.24. The monoisotopic (exact) mass is 297 g/mol. The Bertz CT molecular complexity index is 461. The highest BCUT2D eigenvalue weighted by atomic mass is 79.9. The van der Waals surface area contributed by atoms with Crippen molar-refractivity contribution in [3.63, 3.8) is 0 Å². The van der Waals surface area contributed by atoms with Crippen LogP contribution in [-0.4, -0.2) is 23.4 Å². The number of carbonyl (C=O) groups excluding carboxylic acids is 1. The first kappa shape index (κ1) is 12.4. The van der Waals surface area contributed by atoms with Gasteiger partial charge in [-0.3, -0.25) is 9.69 Å². The molecule has 1 aliphatic rings. The molecule has 0 fully saturated rings. The third-order valence-electron chi connectivity index (χ3n) is 3.32. The molecule has 0 bridgehead atoms. The van der Waals surface area contributed by atoms with Crippen LogP contribution in [0.1, 0.15) is 18.1 Å². The molecule has 0 spiro atoms. The molecule has 0 aromatic heterocycles. The molecule has 0 radical (unpaired) electrons. The molecular weight excluding hydrogens is 282 g/mol. The van der Waals surface area contributed by atoms with Crippen molar-refractivity contribution in [3.05, 3.63) is 27.7 Å². The SMILES string of the molecule is CC(C(N)=O)N1CCc2c(N)cc(Br)cc2C1. The summed E-state index contributed by atoms with van der Waals surface area (Å²) in [4.78, 5) is 13.3. The zero-order chi connectivity index (χ0) is 12.6.